The fourth-order valence-corrected chi connectivity index (χ4v) is 4.91. The van der Waals surface area contributed by atoms with Crippen molar-refractivity contribution in [1.82, 2.24) is 10.2 Å². The highest BCUT2D eigenvalue weighted by molar-refractivity contribution is 14.1. The van der Waals surface area contributed by atoms with Gasteiger partial charge < -0.3 is 34.6 Å². The maximum Gasteiger partial charge on any atom is 0.247 e. The number of halogens is 1. The monoisotopic (exact) mass is 634 g/mol. The molecule has 1 aliphatic carbocycles. The Morgan fingerprint density at radius 2 is 1.95 bits per heavy atom. The molecule has 3 atom stereocenters. The Labute approximate surface area is 235 Å². The second-order valence-corrected chi connectivity index (χ2v) is 10.5. The molecule has 2 aromatic carbocycles. The van der Waals surface area contributed by atoms with Crippen molar-refractivity contribution in [3.63, 3.8) is 0 Å². The summed E-state index contributed by atoms with van der Waals surface area (Å²) in [4.78, 5) is 28.0. The van der Waals surface area contributed by atoms with Crippen LogP contribution in [0.5, 0.6) is 17.2 Å². The predicted molar refractivity (Wildman–Crippen MR) is 149 cm³/mol. The Morgan fingerprint density at radius 3 is 2.68 bits per heavy atom. The first kappa shape index (κ1) is 27.9. The molecule has 38 heavy (non-hydrogen) atoms. The van der Waals surface area contributed by atoms with Crippen LogP contribution in [-0.4, -0.2) is 65.1 Å². The Hall–Kier alpha value is -3.09. The van der Waals surface area contributed by atoms with E-state index < -0.39 is 18.2 Å². The number of aliphatic hydroxyl groups excluding tert-OH is 2. The van der Waals surface area contributed by atoms with Crippen LogP contribution in [0.25, 0.3) is 0 Å². The number of amides is 2. The summed E-state index contributed by atoms with van der Waals surface area (Å²) < 4.78 is 17.9. The van der Waals surface area contributed by atoms with Gasteiger partial charge in [0, 0.05) is 31.2 Å². The first-order valence-corrected chi connectivity index (χ1v) is 13.4. The first-order valence-electron chi connectivity index (χ1n) is 12.3. The van der Waals surface area contributed by atoms with E-state index in [1.807, 2.05) is 44.2 Å². The Kier molecular flexibility index (Phi) is 9.29. The van der Waals surface area contributed by atoms with Crippen LogP contribution in [0.1, 0.15) is 25.8 Å². The van der Waals surface area contributed by atoms with E-state index in [0.717, 1.165) is 14.7 Å². The van der Waals surface area contributed by atoms with E-state index in [1.165, 1.54) is 6.08 Å². The summed E-state index contributed by atoms with van der Waals surface area (Å²) in [5.41, 5.74) is 1.96. The molecule has 4 rings (SSSR count). The molecule has 9 nitrogen and oxygen atoms in total. The third-order valence-electron chi connectivity index (χ3n) is 6.20. The Balaban J connectivity index is 1.69. The highest BCUT2D eigenvalue weighted by atomic mass is 127. The minimum absolute atomic E-state index is 0.0864. The van der Waals surface area contributed by atoms with Gasteiger partial charge in [0.2, 0.25) is 18.6 Å². The molecular formula is C28H31IN2O7. The van der Waals surface area contributed by atoms with Crippen LogP contribution in [-0.2, 0) is 16.1 Å². The maximum absolute atomic E-state index is 13.5. The summed E-state index contributed by atoms with van der Waals surface area (Å²) >= 11 is 2.14. The van der Waals surface area contributed by atoms with Gasteiger partial charge in [0.05, 0.1) is 16.2 Å². The molecular weight excluding hydrogens is 603 g/mol. The van der Waals surface area contributed by atoms with Gasteiger partial charge in [-0.05, 0) is 72.3 Å². The molecule has 0 saturated heterocycles. The number of fused-ring (bicyclic) bond motifs is 1. The number of hydrogen-bond donors (Lipinski definition) is 3. The molecule has 0 unspecified atom stereocenters. The summed E-state index contributed by atoms with van der Waals surface area (Å²) in [7, 11) is 0. The molecule has 1 heterocycles. The zero-order valence-corrected chi connectivity index (χ0v) is 23.4. The van der Waals surface area contributed by atoms with Crippen molar-refractivity contribution in [3.05, 3.63) is 74.9 Å². The molecule has 10 heteroatoms. The number of rotatable bonds is 9. The van der Waals surface area contributed by atoms with E-state index in [9.17, 15) is 19.8 Å². The normalized spacial score (nSPS) is 19.8. The summed E-state index contributed by atoms with van der Waals surface area (Å²) in [6, 6.07) is 12.0. The third-order valence-corrected chi connectivity index (χ3v) is 7.09. The predicted octanol–water partition coefficient (Wildman–Crippen LogP) is 2.93. The van der Waals surface area contributed by atoms with E-state index >= 15 is 0 Å². The van der Waals surface area contributed by atoms with Crippen LogP contribution in [0.2, 0.25) is 0 Å². The number of nitrogens with zero attached hydrogens (tertiary/aromatic N) is 1. The van der Waals surface area contributed by atoms with Gasteiger partial charge in [-0.3, -0.25) is 9.59 Å². The SMILES string of the molecule is CC(C)=CC(=O)N(Cc1ccc2c(c1)OCO2)[C@@H]1CC(C(=O)NCCO)=C[C@H](Oc2ccccc2I)[C@H]1O. The molecule has 0 saturated carbocycles. The van der Waals surface area contributed by atoms with E-state index in [1.54, 1.807) is 23.1 Å². The molecule has 0 aromatic heterocycles. The molecule has 0 fully saturated rings. The maximum atomic E-state index is 13.5. The third kappa shape index (κ3) is 6.66. The lowest BCUT2D eigenvalue weighted by atomic mass is 9.87. The molecule has 202 valence electrons. The number of carbonyl (C=O) groups is 2. The largest absolute Gasteiger partial charge is 0.482 e. The molecule has 0 radical (unpaired) electrons. The van der Waals surface area contributed by atoms with Gasteiger partial charge in [-0.1, -0.05) is 23.8 Å². The summed E-state index contributed by atoms with van der Waals surface area (Å²) in [6.07, 6.45) is 1.21. The highest BCUT2D eigenvalue weighted by Gasteiger charge is 2.40. The van der Waals surface area contributed by atoms with Crippen LogP contribution in [0, 0.1) is 3.57 Å². The van der Waals surface area contributed by atoms with Gasteiger partial charge in [-0.25, -0.2) is 0 Å². The molecule has 0 spiro atoms. The summed E-state index contributed by atoms with van der Waals surface area (Å²) in [6.45, 7) is 3.83. The van der Waals surface area contributed by atoms with Gasteiger partial charge in [-0.2, -0.15) is 0 Å². The van der Waals surface area contributed by atoms with Crippen molar-refractivity contribution < 1.29 is 34.0 Å². The van der Waals surface area contributed by atoms with Crippen LogP contribution < -0.4 is 19.5 Å². The van der Waals surface area contributed by atoms with Crippen molar-refractivity contribution in [2.75, 3.05) is 19.9 Å². The van der Waals surface area contributed by atoms with E-state index in [0.29, 0.717) is 22.8 Å². The number of benzene rings is 2. The van der Waals surface area contributed by atoms with Crippen molar-refractivity contribution in [3.8, 4) is 17.2 Å². The standard InChI is InChI=1S/C28H31IN2O7/c1-17(2)11-26(33)31(15-18-7-8-23-24(12-18)37-16-36-23)21-13-19(28(35)30-9-10-32)14-25(27(21)34)38-22-6-4-3-5-20(22)29/h3-8,11-12,14,21,25,27,32,34H,9-10,13,15-16H2,1-2H3,(H,30,35)/t21-,25+,27+/m1/s1. The summed E-state index contributed by atoms with van der Waals surface area (Å²) in [5, 5.41) is 23.4. The second-order valence-electron chi connectivity index (χ2n) is 9.32. The van der Waals surface area contributed by atoms with Gasteiger partial charge in [0.1, 0.15) is 18.0 Å². The number of hydrogen-bond acceptors (Lipinski definition) is 7. The first-order chi connectivity index (χ1) is 18.3. The van der Waals surface area contributed by atoms with Crippen molar-refractivity contribution in [2.45, 2.75) is 45.1 Å². The Morgan fingerprint density at radius 1 is 1.18 bits per heavy atom. The Bertz CT molecular complexity index is 1240. The van der Waals surface area contributed by atoms with Gasteiger partial charge in [0.25, 0.3) is 0 Å². The lowest BCUT2D eigenvalue weighted by molar-refractivity contribution is -0.134. The second kappa shape index (κ2) is 12.6. The molecule has 3 N–H and O–H groups in total. The minimum Gasteiger partial charge on any atom is -0.482 e. The quantitative estimate of drug-likeness (QED) is 0.287. The van der Waals surface area contributed by atoms with E-state index in [2.05, 4.69) is 27.9 Å². The lowest BCUT2D eigenvalue weighted by Gasteiger charge is -2.40. The number of allylic oxidation sites excluding steroid dienone is 1. The van der Waals surface area contributed by atoms with Gasteiger partial charge in [-0.15, -0.1) is 0 Å². The van der Waals surface area contributed by atoms with Crippen LogP contribution >= 0.6 is 22.6 Å². The van der Waals surface area contributed by atoms with Gasteiger partial charge in [0.15, 0.2) is 11.5 Å². The molecule has 2 amide bonds. The zero-order chi connectivity index (χ0) is 27.2. The van der Waals surface area contributed by atoms with Crippen LogP contribution in [0.15, 0.2) is 65.8 Å². The van der Waals surface area contributed by atoms with E-state index in [-0.39, 0.29) is 44.7 Å². The number of aliphatic hydroxyl groups is 2. The number of para-hydroxylation sites is 1. The van der Waals surface area contributed by atoms with Crippen LogP contribution in [0.4, 0.5) is 0 Å². The topological polar surface area (TPSA) is 118 Å². The van der Waals surface area contributed by atoms with Gasteiger partial charge >= 0.3 is 0 Å². The number of nitrogens with one attached hydrogen (secondary N) is 1. The zero-order valence-electron chi connectivity index (χ0n) is 21.2. The molecule has 2 aromatic rings. The minimum atomic E-state index is -1.12. The number of carbonyl (C=O) groups excluding carboxylic acids is 2. The molecule has 2 aliphatic rings. The van der Waals surface area contributed by atoms with Crippen LogP contribution in [0.3, 0.4) is 0 Å². The van der Waals surface area contributed by atoms with E-state index in [4.69, 9.17) is 14.2 Å². The lowest BCUT2D eigenvalue weighted by Crippen LogP contribution is -2.54. The average molecular weight is 634 g/mol. The van der Waals surface area contributed by atoms with Crippen molar-refractivity contribution >= 4 is 34.4 Å². The highest BCUT2D eigenvalue weighted by Crippen LogP contribution is 2.34. The summed E-state index contributed by atoms with van der Waals surface area (Å²) in [5.74, 6) is 1.10. The fraction of sp³-hybridized carbons (Fsp3) is 0.357. The average Bonchev–Trinajstić information content (AvgIpc) is 3.36. The number of ether oxygens (including phenoxy) is 3. The smallest absolute Gasteiger partial charge is 0.247 e. The molecule has 0 bridgehead atoms. The fourth-order valence-electron chi connectivity index (χ4n) is 4.39. The van der Waals surface area contributed by atoms with Crippen molar-refractivity contribution in [1.29, 1.82) is 0 Å². The molecule has 1 aliphatic heterocycles. The van der Waals surface area contributed by atoms with Crippen molar-refractivity contribution in [2.24, 2.45) is 0 Å².